The number of aromatic hydroxyl groups is 2. The molecule has 0 aromatic heterocycles. The van der Waals surface area contributed by atoms with E-state index in [4.69, 9.17) is 10.2 Å². The molecule has 0 aliphatic carbocycles. The Balaban J connectivity index is 1.79. The van der Waals surface area contributed by atoms with Gasteiger partial charge in [0, 0.05) is 76.1 Å². The zero-order valence-electron chi connectivity index (χ0n) is 40.1. The van der Waals surface area contributed by atoms with E-state index in [2.05, 4.69) is 26.6 Å². The van der Waals surface area contributed by atoms with Gasteiger partial charge in [0.1, 0.15) is 29.6 Å². The van der Waals surface area contributed by atoms with Crippen LogP contribution in [0.1, 0.15) is 99.8 Å². The van der Waals surface area contributed by atoms with Crippen LogP contribution in [0, 0.1) is 0 Å². The molecule has 0 radical (unpaired) electrons. The van der Waals surface area contributed by atoms with Crippen LogP contribution in [0.2, 0.25) is 0 Å². The summed E-state index contributed by atoms with van der Waals surface area (Å²) < 4.78 is 0. The van der Waals surface area contributed by atoms with E-state index in [0.717, 1.165) is 0 Å². The van der Waals surface area contributed by atoms with Gasteiger partial charge in [0.15, 0.2) is 0 Å². The van der Waals surface area contributed by atoms with E-state index in [-0.39, 0.29) is 88.1 Å². The molecular weight excluding hydrogens is 951 g/mol. The maximum atomic E-state index is 12.6. The second kappa shape index (κ2) is 32.4. The number of phenols is 2. The molecule has 13 N–H and O–H groups in total. The van der Waals surface area contributed by atoms with Crippen LogP contribution >= 0.6 is 0 Å². The second-order valence-electron chi connectivity index (χ2n) is 17.1. The summed E-state index contributed by atoms with van der Waals surface area (Å²) in [6.07, 6.45) is 2.34. The van der Waals surface area contributed by atoms with Gasteiger partial charge in [-0.05, 0) is 81.5 Å². The molecule has 2 rings (SSSR count). The average Bonchev–Trinajstić information content (AvgIpc) is 3.29. The number of hydrogen-bond donors (Lipinski definition) is 13. The zero-order chi connectivity index (χ0) is 53.8. The van der Waals surface area contributed by atoms with Crippen molar-refractivity contribution in [1.82, 2.24) is 36.4 Å². The average molecular weight is 1020 g/mol. The number of aryl methyl sites for hydroxylation is 2. The van der Waals surface area contributed by atoms with Crippen molar-refractivity contribution in [3.63, 3.8) is 0 Å². The summed E-state index contributed by atoms with van der Waals surface area (Å²) in [5.74, 6) is -8.81. The first kappa shape index (κ1) is 60.6. The molecule has 0 saturated carbocycles. The summed E-state index contributed by atoms with van der Waals surface area (Å²) >= 11 is 0. The second-order valence-corrected chi connectivity index (χ2v) is 17.1. The van der Waals surface area contributed by atoms with E-state index < -0.39 is 91.8 Å². The van der Waals surface area contributed by atoms with Crippen LogP contribution in [0.3, 0.4) is 0 Å². The van der Waals surface area contributed by atoms with Crippen molar-refractivity contribution < 1.29 is 88.8 Å². The van der Waals surface area contributed by atoms with Crippen molar-refractivity contribution >= 4 is 59.6 Å². The Morgan fingerprint density at radius 1 is 0.500 bits per heavy atom. The smallest absolute Gasteiger partial charge is 0.326 e. The van der Waals surface area contributed by atoms with E-state index in [1.165, 1.54) is 28.9 Å². The lowest BCUT2D eigenvalue weighted by Crippen LogP contribution is -2.51. The van der Waals surface area contributed by atoms with E-state index in [1.807, 2.05) is 0 Å². The molecule has 0 aliphatic rings. The molecule has 0 heterocycles. The normalized spacial score (nSPS) is 12.3. The number of urea groups is 1. The summed E-state index contributed by atoms with van der Waals surface area (Å²) in [6, 6.07) is 4.30. The molecule has 3 atom stereocenters. The summed E-state index contributed by atoms with van der Waals surface area (Å²) in [4.78, 5) is 121. The van der Waals surface area contributed by atoms with Gasteiger partial charge in [-0.25, -0.2) is 14.4 Å². The first-order valence-corrected chi connectivity index (χ1v) is 23.3. The summed E-state index contributed by atoms with van der Waals surface area (Å²) in [5, 5.41) is 89.1. The predicted octanol–water partition coefficient (Wildman–Crippen LogP) is 1.06. The number of amides is 5. The number of carbonyl (C=O) groups is 10. The fraction of sp³-hybridized carbons (Fsp3) is 0.532. The first-order chi connectivity index (χ1) is 34.0. The Morgan fingerprint density at radius 2 is 0.958 bits per heavy atom. The summed E-state index contributed by atoms with van der Waals surface area (Å²) in [6.45, 7) is 1.02. The van der Waals surface area contributed by atoms with E-state index >= 15 is 0 Å². The molecule has 0 spiro atoms. The minimum atomic E-state index is -1.52. The minimum Gasteiger partial charge on any atom is -0.508 e. The monoisotopic (exact) mass is 1020 g/mol. The lowest BCUT2D eigenvalue weighted by molar-refractivity contribution is -0.141. The standard InChI is InChI=1S/C47H67N7O18/c1-29(44(66)67)50-40(59)17-12-31-10-15-37(56)33(24-31)26-54(28-43(64)65)22-21-53(27-42(62)63)25-32-23-30(9-14-36(32)55)11-16-39(58)49-19-5-2-3-8-38(57)48-20-6-4-7-34(45(68)69)51-47(72)52-35(46(70)71)13-18-41(60)61/h9-10,14-15,23-24,29,34-35,55-56H,2-8,11-13,16-22,25-28H2,1H3,(H,48,57)(H,49,58)(H,50,59)(H,60,61)(H,62,63)(H,64,65)(H,66,67)(H,68,69)(H,70,71)(H2,51,52,72)/t29-,34-,35-/m0/s1. The third-order valence-corrected chi connectivity index (χ3v) is 11.1. The topological polar surface area (TPSA) is 399 Å². The van der Waals surface area contributed by atoms with Crippen LogP contribution in [-0.2, 0) is 69.1 Å². The van der Waals surface area contributed by atoms with Gasteiger partial charge >= 0.3 is 41.8 Å². The Bertz CT molecular complexity index is 2190. The Morgan fingerprint density at radius 3 is 1.42 bits per heavy atom. The number of benzene rings is 2. The van der Waals surface area contributed by atoms with Crippen molar-refractivity contribution in [3.8, 4) is 11.5 Å². The van der Waals surface area contributed by atoms with Gasteiger partial charge in [-0.2, -0.15) is 0 Å². The fourth-order valence-corrected chi connectivity index (χ4v) is 7.14. The van der Waals surface area contributed by atoms with Gasteiger partial charge in [-0.1, -0.05) is 30.7 Å². The molecule has 5 amide bonds. The number of carboxylic acid groups (broad SMARTS) is 6. The highest BCUT2D eigenvalue weighted by atomic mass is 16.4. The summed E-state index contributed by atoms with van der Waals surface area (Å²) in [7, 11) is 0. The van der Waals surface area contributed by atoms with E-state index in [1.54, 1.807) is 24.3 Å². The van der Waals surface area contributed by atoms with Crippen LogP contribution < -0.4 is 26.6 Å². The van der Waals surface area contributed by atoms with Crippen LogP contribution in [0.25, 0.3) is 0 Å². The number of hydrogen-bond acceptors (Lipinski definition) is 14. The van der Waals surface area contributed by atoms with Gasteiger partial charge < -0.3 is 67.4 Å². The van der Waals surface area contributed by atoms with Crippen molar-refractivity contribution in [2.45, 2.75) is 122 Å². The largest absolute Gasteiger partial charge is 0.508 e. The Labute approximate surface area is 414 Å². The molecule has 25 nitrogen and oxygen atoms in total. The van der Waals surface area contributed by atoms with E-state index in [9.17, 15) is 78.6 Å². The minimum absolute atomic E-state index is 0.0127. The van der Waals surface area contributed by atoms with E-state index in [0.29, 0.717) is 67.3 Å². The van der Waals surface area contributed by atoms with Crippen molar-refractivity contribution in [3.05, 3.63) is 58.7 Å². The Kier molecular flexibility index (Phi) is 27.2. The van der Waals surface area contributed by atoms with Crippen LogP contribution in [-0.4, -0.2) is 168 Å². The number of carboxylic acids is 6. The third-order valence-electron chi connectivity index (χ3n) is 11.1. The van der Waals surface area contributed by atoms with Gasteiger partial charge in [0.2, 0.25) is 17.7 Å². The molecule has 2 aromatic carbocycles. The quantitative estimate of drug-likeness (QED) is 0.0421. The number of aliphatic carboxylic acids is 6. The van der Waals surface area contributed by atoms with Crippen LogP contribution in [0.5, 0.6) is 11.5 Å². The predicted molar refractivity (Wildman–Crippen MR) is 254 cm³/mol. The lowest BCUT2D eigenvalue weighted by atomic mass is 10.0. The molecule has 0 bridgehead atoms. The maximum absolute atomic E-state index is 12.6. The van der Waals surface area contributed by atoms with Crippen LogP contribution in [0.15, 0.2) is 36.4 Å². The number of rotatable bonds is 37. The molecule has 2 aromatic rings. The van der Waals surface area contributed by atoms with Gasteiger partial charge in [-0.3, -0.25) is 43.4 Å². The van der Waals surface area contributed by atoms with Crippen molar-refractivity contribution in [1.29, 1.82) is 0 Å². The molecule has 72 heavy (non-hydrogen) atoms. The third kappa shape index (κ3) is 25.9. The van der Waals surface area contributed by atoms with Crippen LogP contribution in [0.4, 0.5) is 4.79 Å². The van der Waals surface area contributed by atoms with Crippen molar-refractivity contribution in [2.75, 3.05) is 39.3 Å². The molecule has 0 fully saturated rings. The molecular formula is C47H67N7O18. The summed E-state index contributed by atoms with van der Waals surface area (Å²) in [5.41, 5.74) is 2.05. The lowest BCUT2D eigenvalue weighted by Gasteiger charge is -2.26. The number of phenolic OH excluding ortho intramolecular Hbond substituents is 2. The number of unbranched alkanes of at least 4 members (excludes halogenated alkanes) is 3. The highest BCUT2D eigenvalue weighted by molar-refractivity contribution is 5.86. The Hall–Kier alpha value is -7.54. The highest BCUT2D eigenvalue weighted by Gasteiger charge is 2.25. The maximum Gasteiger partial charge on any atom is 0.326 e. The number of nitrogens with zero attached hydrogens (tertiary/aromatic N) is 2. The molecule has 0 saturated heterocycles. The number of carbonyl (C=O) groups excluding carboxylic acids is 4. The SMILES string of the molecule is C[C@H](NC(=O)CCc1ccc(O)c(CN(CCN(CC(=O)O)Cc2cc(CCC(=O)NCCCCCC(=O)NCCCC[C@H](NC(=O)N[C@@H](CCC(=O)O)C(=O)O)C(=O)O)ccc2O)CC(=O)O)c1)C(=O)O. The van der Waals surface area contributed by atoms with Gasteiger partial charge in [0.05, 0.1) is 13.1 Å². The van der Waals surface area contributed by atoms with Gasteiger partial charge in [-0.15, -0.1) is 0 Å². The van der Waals surface area contributed by atoms with Crippen molar-refractivity contribution in [2.24, 2.45) is 0 Å². The molecule has 0 aliphatic heterocycles. The highest BCUT2D eigenvalue weighted by Crippen LogP contribution is 2.23. The zero-order valence-corrected chi connectivity index (χ0v) is 40.1. The molecule has 0 unspecified atom stereocenters. The molecule has 398 valence electrons. The number of nitrogens with one attached hydrogen (secondary N) is 5. The first-order valence-electron chi connectivity index (χ1n) is 23.3. The van der Waals surface area contributed by atoms with Gasteiger partial charge in [0.25, 0.3) is 0 Å². The fourth-order valence-electron chi connectivity index (χ4n) is 7.14. The molecule has 25 heteroatoms.